The standard InChI is InChI=1S/C10H14N2O2S/c1-12(8-2-4-14-5-3-8)10-11-6-9(7-13)15-10/h6-8H,2-5H2,1H3. The third-order valence-electron chi connectivity index (χ3n) is 2.67. The van der Waals surface area contributed by atoms with Gasteiger partial charge in [0.2, 0.25) is 0 Å². The van der Waals surface area contributed by atoms with Crippen molar-refractivity contribution in [2.24, 2.45) is 0 Å². The number of thiazole rings is 1. The average Bonchev–Trinajstić information content (AvgIpc) is 2.78. The second-order valence-electron chi connectivity index (χ2n) is 3.62. The molecule has 0 radical (unpaired) electrons. The molecule has 82 valence electrons. The summed E-state index contributed by atoms with van der Waals surface area (Å²) in [6.45, 7) is 1.64. The van der Waals surface area contributed by atoms with Crippen LogP contribution in [-0.4, -0.2) is 37.6 Å². The molecule has 15 heavy (non-hydrogen) atoms. The van der Waals surface area contributed by atoms with Gasteiger partial charge in [-0.1, -0.05) is 11.3 Å². The third kappa shape index (κ3) is 2.35. The Morgan fingerprint density at radius 3 is 2.93 bits per heavy atom. The number of ether oxygens (including phenoxy) is 1. The summed E-state index contributed by atoms with van der Waals surface area (Å²) in [6.07, 6.45) is 4.54. The molecular weight excluding hydrogens is 212 g/mol. The number of rotatable bonds is 3. The molecule has 4 nitrogen and oxygen atoms in total. The zero-order valence-corrected chi connectivity index (χ0v) is 9.50. The minimum atomic E-state index is 0.490. The molecule has 0 amide bonds. The summed E-state index contributed by atoms with van der Waals surface area (Å²) in [6, 6.07) is 0.490. The van der Waals surface area contributed by atoms with E-state index in [0.717, 1.165) is 37.5 Å². The normalized spacial score (nSPS) is 17.7. The van der Waals surface area contributed by atoms with E-state index in [1.807, 2.05) is 7.05 Å². The number of aromatic nitrogens is 1. The molecule has 5 heteroatoms. The van der Waals surface area contributed by atoms with Gasteiger partial charge in [0.15, 0.2) is 11.4 Å². The van der Waals surface area contributed by atoms with Crippen LogP contribution in [0.2, 0.25) is 0 Å². The predicted molar refractivity (Wildman–Crippen MR) is 59.7 cm³/mol. The summed E-state index contributed by atoms with van der Waals surface area (Å²) >= 11 is 1.44. The van der Waals surface area contributed by atoms with Gasteiger partial charge in [-0.2, -0.15) is 0 Å². The van der Waals surface area contributed by atoms with Gasteiger partial charge >= 0.3 is 0 Å². The van der Waals surface area contributed by atoms with Crippen LogP contribution >= 0.6 is 11.3 Å². The SMILES string of the molecule is CN(c1ncc(C=O)s1)C1CCOCC1. The highest BCUT2D eigenvalue weighted by Gasteiger charge is 2.20. The largest absolute Gasteiger partial charge is 0.381 e. The first kappa shape index (κ1) is 10.6. The fraction of sp³-hybridized carbons (Fsp3) is 0.600. The van der Waals surface area contributed by atoms with Gasteiger partial charge in [-0.05, 0) is 12.8 Å². The van der Waals surface area contributed by atoms with Gasteiger partial charge in [0.25, 0.3) is 0 Å². The second-order valence-corrected chi connectivity index (χ2v) is 4.66. The average molecular weight is 226 g/mol. The fourth-order valence-electron chi connectivity index (χ4n) is 1.72. The van der Waals surface area contributed by atoms with Crippen LogP contribution in [0.15, 0.2) is 6.20 Å². The number of hydrogen-bond acceptors (Lipinski definition) is 5. The maximum Gasteiger partial charge on any atom is 0.185 e. The highest BCUT2D eigenvalue weighted by molar-refractivity contribution is 7.17. The Bertz CT molecular complexity index is 334. The Hall–Kier alpha value is -0.940. The van der Waals surface area contributed by atoms with Crippen LogP contribution < -0.4 is 4.90 Å². The van der Waals surface area contributed by atoms with E-state index in [2.05, 4.69) is 9.88 Å². The van der Waals surface area contributed by atoms with E-state index < -0.39 is 0 Å². The second kappa shape index (κ2) is 4.72. The number of hydrogen-bond donors (Lipinski definition) is 0. The smallest absolute Gasteiger partial charge is 0.185 e. The number of nitrogens with zero attached hydrogens (tertiary/aromatic N) is 2. The first-order valence-electron chi connectivity index (χ1n) is 5.03. The van der Waals surface area contributed by atoms with Crippen molar-refractivity contribution in [2.75, 3.05) is 25.2 Å². The lowest BCUT2D eigenvalue weighted by molar-refractivity contribution is 0.0855. The summed E-state index contributed by atoms with van der Waals surface area (Å²) < 4.78 is 5.31. The molecule has 1 aliphatic heterocycles. The van der Waals surface area contributed by atoms with Gasteiger partial charge in [0.1, 0.15) is 0 Å². The predicted octanol–water partition coefficient (Wildman–Crippen LogP) is 1.57. The Morgan fingerprint density at radius 1 is 1.60 bits per heavy atom. The first-order valence-corrected chi connectivity index (χ1v) is 5.84. The lowest BCUT2D eigenvalue weighted by Gasteiger charge is -2.30. The molecule has 2 heterocycles. The molecule has 1 aromatic heterocycles. The van der Waals surface area contributed by atoms with Crippen LogP contribution in [0.5, 0.6) is 0 Å². The molecule has 0 saturated carbocycles. The lowest BCUT2D eigenvalue weighted by atomic mass is 10.1. The molecule has 0 bridgehead atoms. The Balaban J connectivity index is 2.05. The van der Waals surface area contributed by atoms with E-state index in [9.17, 15) is 4.79 Å². The molecule has 0 aromatic carbocycles. The van der Waals surface area contributed by atoms with E-state index in [4.69, 9.17) is 4.74 Å². The summed E-state index contributed by atoms with van der Waals surface area (Å²) in [5.74, 6) is 0. The van der Waals surface area contributed by atoms with Crippen molar-refractivity contribution < 1.29 is 9.53 Å². The van der Waals surface area contributed by atoms with Crippen LogP contribution in [0, 0.1) is 0 Å². The Kier molecular flexibility index (Phi) is 3.33. The van der Waals surface area contributed by atoms with Gasteiger partial charge in [-0.25, -0.2) is 4.98 Å². The van der Waals surface area contributed by atoms with Gasteiger partial charge in [0, 0.05) is 26.3 Å². The van der Waals surface area contributed by atoms with Crippen LogP contribution in [0.4, 0.5) is 5.13 Å². The van der Waals surface area contributed by atoms with E-state index in [1.165, 1.54) is 11.3 Å². The lowest BCUT2D eigenvalue weighted by Crippen LogP contribution is -2.36. The molecule has 1 aliphatic rings. The van der Waals surface area contributed by atoms with Gasteiger partial charge in [-0.15, -0.1) is 0 Å². The first-order chi connectivity index (χ1) is 7.31. The molecule has 0 N–H and O–H groups in total. The monoisotopic (exact) mass is 226 g/mol. The third-order valence-corrected chi connectivity index (χ3v) is 3.68. The van der Waals surface area contributed by atoms with Crippen molar-refractivity contribution in [1.29, 1.82) is 0 Å². The molecule has 1 fully saturated rings. The maximum atomic E-state index is 10.6. The summed E-state index contributed by atoms with van der Waals surface area (Å²) in [5, 5.41) is 0.920. The van der Waals surface area contributed by atoms with Crippen LogP contribution in [0.3, 0.4) is 0 Å². The van der Waals surface area contributed by atoms with E-state index >= 15 is 0 Å². The van der Waals surface area contributed by atoms with Gasteiger partial charge in [0.05, 0.1) is 11.1 Å². The van der Waals surface area contributed by atoms with Crippen molar-refractivity contribution in [2.45, 2.75) is 18.9 Å². The number of anilines is 1. The summed E-state index contributed by atoms with van der Waals surface area (Å²) in [7, 11) is 2.03. The molecular formula is C10H14N2O2S. The van der Waals surface area contributed by atoms with Crippen molar-refractivity contribution in [1.82, 2.24) is 4.98 Å². The number of carbonyl (C=O) groups excluding carboxylic acids is 1. The minimum absolute atomic E-state index is 0.490. The summed E-state index contributed by atoms with van der Waals surface area (Å²) in [5.41, 5.74) is 0. The molecule has 0 spiro atoms. The maximum absolute atomic E-state index is 10.6. The van der Waals surface area contributed by atoms with E-state index in [1.54, 1.807) is 6.20 Å². The van der Waals surface area contributed by atoms with E-state index in [0.29, 0.717) is 10.9 Å². The van der Waals surface area contributed by atoms with Gasteiger partial charge < -0.3 is 9.64 Å². The fourth-order valence-corrected chi connectivity index (χ4v) is 2.49. The van der Waals surface area contributed by atoms with Crippen molar-refractivity contribution >= 4 is 22.8 Å². The molecule has 1 saturated heterocycles. The molecule has 0 atom stereocenters. The van der Waals surface area contributed by atoms with Crippen LogP contribution in [-0.2, 0) is 4.74 Å². The quantitative estimate of drug-likeness (QED) is 0.734. The Morgan fingerprint density at radius 2 is 2.33 bits per heavy atom. The number of aldehydes is 1. The van der Waals surface area contributed by atoms with Crippen molar-refractivity contribution in [3.63, 3.8) is 0 Å². The molecule has 1 aromatic rings. The van der Waals surface area contributed by atoms with E-state index in [-0.39, 0.29) is 0 Å². The van der Waals surface area contributed by atoms with Gasteiger partial charge in [-0.3, -0.25) is 4.79 Å². The molecule has 0 aliphatic carbocycles. The molecule has 0 unspecified atom stereocenters. The Labute approximate surface area is 92.9 Å². The summed E-state index contributed by atoms with van der Waals surface area (Å²) in [4.78, 5) is 17.6. The van der Waals surface area contributed by atoms with Crippen LogP contribution in [0.1, 0.15) is 22.5 Å². The van der Waals surface area contributed by atoms with Crippen LogP contribution in [0.25, 0.3) is 0 Å². The highest BCUT2D eigenvalue weighted by Crippen LogP contribution is 2.25. The number of carbonyl (C=O) groups is 1. The zero-order valence-electron chi connectivity index (χ0n) is 8.68. The molecule has 2 rings (SSSR count). The highest BCUT2D eigenvalue weighted by atomic mass is 32.1. The minimum Gasteiger partial charge on any atom is -0.381 e. The van der Waals surface area contributed by atoms with Crippen molar-refractivity contribution in [3.8, 4) is 0 Å². The van der Waals surface area contributed by atoms with Crippen molar-refractivity contribution in [3.05, 3.63) is 11.1 Å². The zero-order chi connectivity index (χ0) is 10.7. The topological polar surface area (TPSA) is 42.4 Å².